The van der Waals surface area contributed by atoms with E-state index < -0.39 is 0 Å². The molecule has 1 aliphatic heterocycles. The first-order chi connectivity index (χ1) is 10.6. The third-order valence-corrected chi connectivity index (χ3v) is 4.33. The van der Waals surface area contributed by atoms with Crippen molar-refractivity contribution >= 4 is 17.5 Å². The van der Waals surface area contributed by atoms with Gasteiger partial charge < -0.3 is 10.2 Å². The maximum Gasteiger partial charge on any atom is 0.257 e. The molecule has 6 heteroatoms. The number of hydrogen-bond donors (Lipinski definition) is 1. The Morgan fingerprint density at radius 3 is 2.77 bits per heavy atom. The van der Waals surface area contributed by atoms with E-state index in [1.54, 1.807) is 10.9 Å². The van der Waals surface area contributed by atoms with Crippen LogP contribution in [-0.4, -0.2) is 46.3 Å². The number of nitrogens with one attached hydrogen (secondary N) is 1. The Morgan fingerprint density at radius 1 is 1.36 bits per heavy atom. The number of benzene rings is 1. The number of carbonyl (C=O) groups is 1. The molecule has 1 saturated heterocycles. The van der Waals surface area contributed by atoms with Gasteiger partial charge in [0.25, 0.3) is 5.91 Å². The molecule has 22 heavy (non-hydrogen) atoms. The monoisotopic (exact) mass is 318 g/mol. The van der Waals surface area contributed by atoms with E-state index in [1.807, 2.05) is 36.1 Å². The molecular formula is C16H19ClN4O. The fraction of sp³-hybridized carbons (Fsp3) is 0.375. The molecule has 1 aromatic carbocycles. The maximum absolute atomic E-state index is 12.8. The van der Waals surface area contributed by atoms with Crippen LogP contribution in [0.2, 0.25) is 5.02 Å². The van der Waals surface area contributed by atoms with Crippen LogP contribution in [0.15, 0.2) is 30.5 Å². The first-order valence-corrected chi connectivity index (χ1v) is 7.78. The quantitative estimate of drug-likeness (QED) is 0.924. The highest BCUT2D eigenvalue weighted by atomic mass is 35.5. The van der Waals surface area contributed by atoms with Crippen molar-refractivity contribution in [3.05, 3.63) is 46.7 Å². The van der Waals surface area contributed by atoms with Gasteiger partial charge in [-0.25, -0.2) is 4.68 Å². The molecule has 0 spiro atoms. The first-order valence-electron chi connectivity index (χ1n) is 7.40. The number of hydrogen-bond acceptors (Lipinski definition) is 3. The molecule has 2 heterocycles. The molecule has 1 N–H and O–H groups in total. The fourth-order valence-corrected chi connectivity index (χ4v) is 2.89. The zero-order valence-electron chi connectivity index (χ0n) is 12.7. The van der Waals surface area contributed by atoms with E-state index in [1.165, 1.54) is 0 Å². The molecule has 1 aliphatic rings. The molecule has 116 valence electrons. The Labute approximate surface area is 134 Å². The highest BCUT2D eigenvalue weighted by Gasteiger charge is 2.26. The van der Waals surface area contributed by atoms with Crippen molar-refractivity contribution in [1.82, 2.24) is 20.0 Å². The Kier molecular flexibility index (Phi) is 4.18. The largest absolute Gasteiger partial charge is 0.333 e. The van der Waals surface area contributed by atoms with E-state index in [2.05, 4.69) is 17.3 Å². The number of rotatable bonds is 2. The summed E-state index contributed by atoms with van der Waals surface area (Å²) in [5.41, 5.74) is 2.40. The summed E-state index contributed by atoms with van der Waals surface area (Å²) in [4.78, 5) is 14.7. The summed E-state index contributed by atoms with van der Waals surface area (Å²) in [6.45, 7) is 6.37. The minimum atomic E-state index is 0.0479. The van der Waals surface area contributed by atoms with Crippen LogP contribution in [0.4, 0.5) is 0 Å². The lowest BCUT2D eigenvalue weighted by molar-refractivity contribution is 0.0655. The summed E-state index contributed by atoms with van der Waals surface area (Å²) in [5, 5.41) is 8.34. The van der Waals surface area contributed by atoms with Gasteiger partial charge in [-0.05, 0) is 38.1 Å². The highest BCUT2D eigenvalue weighted by Crippen LogP contribution is 2.19. The zero-order valence-corrected chi connectivity index (χ0v) is 13.5. The Bertz CT molecular complexity index is 680. The van der Waals surface area contributed by atoms with Crippen LogP contribution < -0.4 is 5.32 Å². The molecule has 0 saturated carbocycles. The molecule has 0 unspecified atom stereocenters. The lowest BCUT2D eigenvalue weighted by Gasteiger charge is -2.33. The van der Waals surface area contributed by atoms with Crippen molar-refractivity contribution in [3.8, 4) is 5.69 Å². The van der Waals surface area contributed by atoms with Crippen molar-refractivity contribution in [1.29, 1.82) is 0 Å². The van der Waals surface area contributed by atoms with Gasteiger partial charge in [-0.15, -0.1) is 0 Å². The minimum Gasteiger partial charge on any atom is -0.333 e. The molecule has 5 nitrogen and oxygen atoms in total. The van der Waals surface area contributed by atoms with Crippen molar-refractivity contribution in [2.45, 2.75) is 19.9 Å². The molecule has 0 bridgehead atoms. The van der Waals surface area contributed by atoms with E-state index in [0.717, 1.165) is 31.0 Å². The summed E-state index contributed by atoms with van der Waals surface area (Å²) in [7, 11) is 0. The van der Waals surface area contributed by atoms with Gasteiger partial charge in [0, 0.05) is 30.7 Å². The van der Waals surface area contributed by atoms with Crippen LogP contribution in [0.25, 0.3) is 5.69 Å². The molecule has 2 aromatic rings. The summed E-state index contributed by atoms with van der Waals surface area (Å²) in [6.07, 6.45) is 1.65. The van der Waals surface area contributed by atoms with Crippen molar-refractivity contribution in [2.24, 2.45) is 0 Å². The molecule has 1 atom stereocenters. The van der Waals surface area contributed by atoms with Gasteiger partial charge in [-0.2, -0.15) is 5.10 Å². The van der Waals surface area contributed by atoms with Gasteiger partial charge in [0.1, 0.15) is 0 Å². The number of nitrogens with zero attached hydrogens (tertiary/aromatic N) is 3. The first kappa shape index (κ1) is 15.1. The Hall–Kier alpha value is -1.85. The molecule has 1 fully saturated rings. The van der Waals surface area contributed by atoms with Crippen LogP contribution in [0.1, 0.15) is 23.0 Å². The second-order valence-corrected chi connectivity index (χ2v) is 6.02. The Balaban J connectivity index is 1.89. The van der Waals surface area contributed by atoms with Gasteiger partial charge in [0.05, 0.1) is 23.1 Å². The third kappa shape index (κ3) is 2.74. The average molecular weight is 319 g/mol. The standard InChI is InChI=1S/C16H19ClN4O/c1-11-9-18-7-8-20(11)16(22)15-10-19-21(12(15)2)14-5-3-13(17)4-6-14/h3-6,10-11,18H,7-9H2,1-2H3/t11-/m1/s1. The van der Waals surface area contributed by atoms with E-state index in [0.29, 0.717) is 10.6 Å². The van der Waals surface area contributed by atoms with E-state index >= 15 is 0 Å². The molecule has 1 amide bonds. The third-order valence-electron chi connectivity index (χ3n) is 4.07. The van der Waals surface area contributed by atoms with Crippen LogP contribution in [0.5, 0.6) is 0 Å². The van der Waals surface area contributed by atoms with Gasteiger partial charge in [0.2, 0.25) is 0 Å². The minimum absolute atomic E-state index is 0.0479. The molecule has 3 rings (SSSR count). The lowest BCUT2D eigenvalue weighted by atomic mass is 10.1. The van der Waals surface area contributed by atoms with Gasteiger partial charge >= 0.3 is 0 Å². The number of halogens is 1. The predicted octanol–water partition coefficient (Wildman–Crippen LogP) is 2.27. The zero-order chi connectivity index (χ0) is 15.7. The molecule has 0 aliphatic carbocycles. The molecular weight excluding hydrogens is 300 g/mol. The predicted molar refractivity (Wildman–Crippen MR) is 86.7 cm³/mol. The summed E-state index contributed by atoms with van der Waals surface area (Å²) in [6, 6.07) is 7.61. The van der Waals surface area contributed by atoms with Crippen LogP contribution >= 0.6 is 11.6 Å². The van der Waals surface area contributed by atoms with Crippen LogP contribution in [0.3, 0.4) is 0 Å². The van der Waals surface area contributed by atoms with Gasteiger partial charge in [0.15, 0.2) is 0 Å². The summed E-state index contributed by atoms with van der Waals surface area (Å²) in [5.74, 6) is 0.0479. The van der Waals surface area contributed by atoms with E-state index in [4.69, 9.17) is 11.6 Å². The normalized spacial score (nSPS) is 18.5. The number of amides is 1. The topological polar surface area (TPSA) is 50.2 Å². The number of aromatic nitrogens is 2. The van der Waals surface area contributed by atoms with Crippen LogP contribution in [-0.2, 0) is 0 Å². The SMILES string of the molecule is Cc1c(C(=O)N2CCNC[C@H]2C)cnn1-c1ccc(Cl)cc1. The smallest absolute Gasteiger partial charge is 0.257 e. The van der Waals surface area contributed by atoms with Gasteiger partial charge in [-0.3, -0.25) is 4.79 Å². The van der Waals surface area contributed by atoms with Crippen molar-refractivity contribution < 1.29 is 4.79 Å². The fourth-order valence-electron chi connectivity index (χ4n) is 2.76. The van der Waals surface area contributed by atoms with E-state index in [9.17, 15) is 4.79 Å². The summed E-state index contributed by atoms with van der Waals surface area (Å²) < 4.78 is 1.77. The number of carbonyl (C=O) groups excluding carboxylic acids is 1. The second-order valence-electron chi connectivity index (χ2n) is 5.58. The van der Waals surface area contributed by atoms with Crippen LogP contribution in [0, 0.1) is 6.92 Å². The molecule has 0 radical (unpaired) electrons. The van der Waals surface area contributed by atoms with E-state index in [-0.39, 0.29) is 11.9 Å². The maximum atomic E-state index is 12.8. The molecule has 1 aromatic heterocycles. The van der Waals surface area contributed by atoms with Crippen molar-refractivity contribution in [3.63, 3.8) is 0 Å². The van der Waals surface area contributed by atoms with Crippen molar-refractivity contribution in [2.75, 3.05) is 19.6 Å². The lowest BCUT2D eigenvalue weighted by Crippen LogP contribution is -2.52. The second kappa shape index (κ2) is 6.10. The highest BCUT2D eigenvalue weighted by molar-refractivity contribution is 6.30. The average Bonchev–Trinajstić information content (AvgIpc) is 2.90. The number of piperazine rings is 1. The van der Waals surface area contributed by atoms with Gasteiger partial charge in [-0.1, -0.05) is 11.6 Å². The summed E-state index contributed by atoms with van der Waals surface area (Å²) >= 11 is 5.92. The Morgan fingerprint density at radius 2 is 2.09 bits per heavy atom.